The highest BCUT2D eigenvalue weighted by Gasteiger charge is 2.12. The van der Waals surface area contributed by atoms with E-state index in [1.165, 1.54) is 5.56 Å². The number of ether oxygens (including phenoxy) is 1. The third-order valence-corrected chi connectivity index (χ3v) is 3.25. The fourth-order valence-electron chi connectivity index (χ4n) is 2.02. The van der Waals surface area contributed by atoms with E-state index in [9.17, 15) is 0 Å². The highest BCUT2D eigenvalue weighted by molar-refractivity contribution is 5.41. The van der Waals surface area contributed by atoms with Crippen molar-refractivity contribution in [2.75, 3.05) is 38.3 Å². The van der Waals surface area contributed by atoms with Gasteiger partial charge in [0, 0.05) is 31.9 Å². The van der Waals surface area contributed by atoms with Crippen LogP contribution in [0, 0.1) is 0 Å². The molecule has 1 aromatic rings. The zero-order valence-electron chi connectivity index (χ0n) is 10.6. The fourth-order valence-corrected chi connectivity index (χ4v) is 2.02. The Balaban J connectivity index is 2.13. The molecule has 1 N–H and O–H groups in total. The number of nitrogens with one attached hydrogen (secondary N) is 1. The van der Waals surface area contributed by atoms with Gasteiger partial charge in [-0.2, -0.15) is 0 Å². The molecule has 2 heterocycles. The second-order valence-electron chi connectivity index (χ2n) is 4.41. The average Bonchev–Trinajstić information content (AvgIpc) is 2.67. The van der Waals surface area contributed by atoms with Gasteiger partial charge in [-0.3, -0.25) is 0 Å². The van der Waals surface area contributed by atoms with E-state index in [-0.39, 0.29) is 0 Å². The monoisotopic (exact) mass is 235 g/mol. The van der Waals surface area contributed by atoms with Gasteiger partial charge < -0.3 is 15.0 Å². The lowest BCUT2D eigenvalue weighted by Gasteiger charge is -2.22. The van der Waals surface area contributed by atoms with Crippen molar-refractivity contribution in [1.29, 1.82) is 0 Å². The van der Waals surface area contributed by atoms with Gasteiger partial charge in [-0.1, -0.05) is 0 Å². The largest absolute Gasteiger partial charge is 0.380 e. The Labute approximate surface area is 103 Å². The molecule has 4 heteroatoms. The van der Waals surface area contributed by atoms with Crippen LogP contribution in [0.4, 0.5) is 5.82 Å². The summed E-state index contributed by atoms with van der Waals surface area (Å²) in [6.07, 6.45) is 2.97. The molecule has 94 valence electrons. The molecule has 1 unspecified atom stereocenters. The summed E-state index contributed by atoms with van der Waals surface area (Å²) in [5.74, 6) is 1.06. The van der Waals surface area contributed by atoms with Crippen molar-refractivity contribution in [3.05, 3.63) is 23.9 Å². The van der Waals surface area contributed by atoms with Crippen molar-refractivity contribution < 1.29 is 4.74 Å². The predicted octanol–water partition coefficient (Wildman–Crippen LogP) is 1.59. The Morgan fingerprint density at radius 3 is 3.12 bits per heavy atom. The molecule has 1 fully saturated rings. The minimum Gasteiger partial charge on any atom is -0.380 e. The lowest BCUT2D eigenvalue weighted by molar-refractivity contribution is 0.152. The van der Waals surface area contributed by atoms with Gasteiger partial charge in [-0.15, -0.1) is 0 Å². The van der Waals surface area contributed by atoms with Crippen LogP contribution in [0.5, 0.6) is 0 Å². The van der Waals surface area contributed by atoms with Crippen molar-refractivity contribution in [2.45, 2.75) is 19.4 Å². The van der Waals surface area contributed by atoms with Crippen molar-refractivity contribution in [3.8, 4) is 0 Å². The zero-order valence-corrected chi connectivity index (χ0v) is 10.6. The van der Waals surface area contributed by atoms with Gasteiger partial charge in [0.2, 0.25) is 0 Å². The van der Waals surface area contributed by atoms with Gasteiger partial charge in [0.05, 0.1) is 6.61 Å². The highest BCUT2D eigenvalue weighted by Crippen LogP contribution is 2.18. The minimum absolute atomic E-state index is 0.361. The zero-order chi connectivity index (χ0) is 12.1. The van der Waals surface area contributed by atoms with E-state index in [1.54, 1.807) is 0 Å². The Morgan fingerprint density at radius 1 is 1.41 bits per heavy atom. The number of rotatable bonds is 3. The van der Waals surface area contributed by atoms with Crippen LogP contribution in [-0.2, 0) is 4.74 Å². The van der Waals surface area contributed by atoms with Gasteiger partial charge in [0.1, 0.15) is 5.82 Å². The second-order valence-corrected chi connectivity index (χ2v) is 4.41. The molecule has 4 nitrogen and oxygen atoms in total. The predicted molar refractivity (Wildman–Crippen MR) is 69.4 cm³/mol. The van der Waals surface area contributed by atoms with Crippen LogP contribution in [0.3, 0.4) is 0 Å². The summed E-state index contributed by atoms with van der Waals surface area (Å²) < 4.78 is 5.46. The molecule has 1 aromatic heterocycles. The second kappa shape index (κ2) is 5.98. The highest BCUT2D eigenvalue weighted by atomic mass is 16.5. The molecule has 17 heavy (non-hydrogen) atoms. The standard InChI is InChI=1S/C13H21N3O/c1-11(14-2)12-4-5-15-13(10-12)16-6-3-8-17-9-7-16/h4-5,10-11,14H,3,6-9H2,1-2H3. The van der Waals surface area contributed by atoms with E-state index in [4.69, 9.17) is 4.74 Å². The van der Waals surface area contributed by atoms with Gasteiger partial charge in [0.25, 0.3) is 0 Å². The smallest absolute Gasteiger partial charge is 0.128 e. The molecule has 0 aliphatic carbocycles. The molecular weight excluding hydrogens is 214 g/mol. The van der Waals surface area contributed by atoms with Gasteiger partial charge >= 0.3 is 0 Å². The van der Waals surface area contributed by atoms with Gasteiger partial charge in [0.15, 0.2) is 0 Å². The first kappa shape index (κ1) is 12.3. The number of hydrogen-bond donors (Lipinski definition) is 1. The summed E-state index contributed by atoms with van der Waals surface area (Å²) in [5, 5.41) is 3.25. The summed E-state index contributed by atoms with van der Waals surface area (Å²) in [4.78, 5) is 6.77. The summed E-state index contributed by atoms with van der Waals surface area (Å²) in [6, 6.07) is 4.60. The normalized spacial score (nSPS) is 18.8. The molecule has 0 bridgehead atoms. The summed E-state index contributed by atoms with van der Waals surface area (Å²) >= 11 is 0. The van der Waals surface area contributed by atoms with E-state index in [2.05, 4.69) is 34.3 Å². The Kier molecular flexibility index (Phi) is 4.34. The minimum atomic E-state index is 0.361. The summed E-state index contributed by atoms with van der Waals surface area (Å²) in [6.45, 7) is 5.79. The van der Waals surface area contributed by atoms with Crippen LogP contribution in [0.25, 0.3) is 0 Å². The number of anilines is 1. The summed E-state index contributed by atoms with van der Waals surface area (Å²) in [7, 11) is 1.98. The van der Waals surface area contributed by atoms with Gasteiger partial charge in [-0.05, 0) is 38.1 Å². The SMILES string of the molecule is CNC(C)c1ccnc(N2CCCOCC2)c1. The van der Waals surface area contributed by atoms with E-state index in [0.717, 1.165) is 38.5 Å². The van der Waals surface area contributed by atoms with Crippen LogP contribution in [-0.4, -0.2) is 38.3 Å². The van der Waals surface area contributed by atoms with Crippen molar-refractivity contribution in [2.24, 2.45) is 0 Å². The van der Waals surface area contributed by atoms with Crippen molar-refractivity contribution in [3.63, 3.8) is 0 Å². The van der Waals surface area contributed by atoms with Crippen LogP contribution in [0.1, 0.15) is 24.9 Å². The molecular formula is C13H21N3O. The van der Waals surface area contributed by atoms with E-state index < -0.39 is 0 Å². The first-order chi connectivity index (χ1) is 8.31. The number of aromatic nitrogens is 1. The fraction of sp³-hybridized carbons (Fsp3) is 0.615. The van der Waals surface area contributed by atoms with Crippen LogP contribution >= 0.6 is 0 Å². The Bertz CT molecular complexity index is 348. The van der Waals surface area contributed by atoms with E-state index in [1.807, 2.05) is 13.2 Å². The maximum Gasteiger partial charge on any atom is 0.128 e. The quantitative estimate of drug-likeness (QED) is 0.863. The molecule has 1 aliphatic heterocycles. The molecule has 2 rings (SSSR count). The third kappa shape index (κ3) is 3.17. The van der Waals surface area contributed by atoms with E-state index >= 15 is 0 Å². The van der Waals surface area contributed by atoms with Crippen molar-refractivity contribution >= 4 is 5.82 Å². The Morgan fingerprint density at radius 2 is 2.29 bits per heavy atom. The third-order valence-electron chi connectivity index (χ3n) is 3.25. The Hall–Kier alpha value is -1.13. The van der Waals surface area contributed by atoms with Gasteiger partial charge in [-0.25, -0.2) is 4.98 Å². The van der Waals surface area contributed by atoms with Crippen molar-refractivity contribution in [1.82, 2.24) is 10.3 Å². The van der Waals surface area contributed by atoms with Crippen LogP contribution in [0.2, 0.25) is 0 Å². The molecule has 1 atom stereocenters. The molecule has 1 aliphatic rings. The molecule has 0 amide bonds. The lowest BCUT2D eigenvalue weighted by atomic mass is 10.1. The summed E-state index contributed by atoms with van der Waals surface area (Å²) in [5.41, 5.74) is 1.28. The number of pyridine rings is 1. The lowest BCUT2D eigenvalue weighted by Crippen LogP contribution is -2.27. The first-order valence-corrected chi connectivity index (χ1v) is 6.27. The average molecular weight is 235 g/mol. The van der Waals surface area contributed by atoms with Crippen LogP contribution in [0.15, 0.2) is 18.3 Å². The molecule has 1 saturated heterocycles. The first-order valence-electron chi connectivity index (χ1n) is 6.27. The van der Waals surface area contributed by atoms with E-state index in [0.29, 0.717) is 6.04 Å². The maximum atomic E-state index is 5.46. The topological polar surface area (TPSA) is 37.4 Å². The molecule has 0 spiro atoms. The maximum absolute atomic E-state index is 5.46. The molecule has 0 saturated carbocycles. The number of nitrogens with zero attached hydrogens (tertiary/aromatic N) is 2. The molecule has 0 aromatic carbocycles. The van der Waals surface area contributed by atoms with Crippen LogP contribution < -0.4 is 10.2 Å². The number of hydrogen-bond acceptors (Lipinski definition) is 4. The molecule has 0 radical (unpaired) electrons.